The maximum absolute atomic E-state index is 12.0. The third kappa shape index (κ3) is 4.16. The number of rotatable bonds is 7. The zero-order chi connectivity index (χ0) is 22.1. The van der Waals surface area contributed by atoms with E-state index in [1.54, 1.807) is 11.3 Å². The summed E-state index contributed by atoms with van der Waals surface area (Å²) in [6.45, 7) is 2.39. The second kappa shape index (κ2) is 8.80. The van der Waals surface area contributed by atoms with E-state index in [4.69, 9.17) is 9.15 Å². The van der Waals surface area contributed by atoms with Crippen molar-refractivity contribution in [2.24, 2.45) is 0 Å². The van der Waals surface area contributed by atoms with E-state index in [-0.39, 0.29) is 11.1 Å². The van der Waals surface area contributed by atoms with Gasteiger partial charge < -0.3 is 9.15 Å². The number of carbonyl (C=O) groups is 2. The average Bonchev–Trinajstić information content (AvgIpc) is 3.51. The molecule has 1 aliphatic rings. The Kier molecular flexibility index (Phi) is 5.71. The Morgan fingerprint density at radius 3 is 2.69 bits per heavy atom. The van der Waals surface area contributed by atoms with Gasteiger partial charge in [0.1, 0.15) is 11.5 Å². The van der Waals surface area contributed by atoms with Crippen molar-refractivity contribution < 1.29 is 18.7 Å². The fraction of sp³-hybridized carbons (Fsp3) is 0.208. The predicted molar refractivity (Wildman–Crippen MR) is 126 cm³/mol. The molecule has 1 aliphatic heterocycles. The molecule has 2 aromatic carbocycles. The molecule has 1 saturated heterocycles. The molecule has 0 radical (unpaired) electrons. The van der Waals surface area contributed by atoms with Crippen LogP contribution in [0.4, 0.5) is 4.79 Å². The SMILES string of the molecule is Cc1oc(-c2cccs2)nc1CCOc1ccc(CC2SC(=O)NC2=O)c2ccccc12. The molecule has 0 saturated carbocycles. The van der Waals surface area contributed by atoms with Crippen LogP contribution >= 0.6 is 23.1 Å². The van der Waals surface area contributed by atoms with Gasteiger partial charge in [-0.1, -0.05) is 48.2 Å². The van der Waals surface area contributed by atoms with Gasteiger partial charge in [-0.15, -0.1) is 11.3 Å². The number of carbonyl (C=O) groups excluding carboxylic acids is 2. The summed E-state index contributed by atoms with van der Waals surface area (Å²) < 4.78 is 11.9. The molecule has 1 fully saturated rings. The number of ether oxygens (including phenoxy) is 1. The van der Waals surface area contributed by atoms with E-state index in [0.717, 1.165) is 50.2 Å². The second-order valence-electron chi connectivity index (χ2n) is 7.45. The van der Waals surface area contributed by atoms with Gasteiger partial charge in [0.05, 0.1) is 22.4 Å². The van der Waals surface area contributed by atoms with Gasteiger partial charge in [0.15, 0.2) is 0 Å². The lowest BCUT2D eigenvalue weighted by Gasteiger charge is -2.13. The van der Waals surface area contributed by atoms with Crippen molar-refractivity contribution in [1.82, 2.24) is 10.3 Å². The van der Waals surface area contributed by atoms with Gasteiger partial charge in [-0.25, -0.2) is 4.98 Å². The van der Waals surface area contributed by atoms with E-state index in [1.165, 1.54) is 0 Å². The number of nitrogens with zero attached hydrogens (tertiary/aromatic N) is 1. The summed E-state index contributed by atoms with van der Waals surface area (Å²) in [5, 5.41) is 5.68. The number of benzene rings is 2. The highest BCUT2D eigenvalue weighted by molar-refractivity contribution is 8.15. The van der Waals surface area contributed by atoms with Crippen molar-refractivity contribution in [3.05, 3.63) is 70.9 Å². The fourth-order valence-electron chi connectivity index (χ4n) is 3.79. The van der Waals surface area contributed by atoms with Crippen LogP contribution in [-0.2, 0) is 17.6 Å². The molecule has 6 nitrogen and oxygen atoms in total. The van der Waals surface area contributed by atoms with Gasteiger partial charge in [0, 0.05) is 11.8 Å². The first-order valence-electron chi connectivity index (χ1n) is 10.2. The van der Waals surface area contributed by atoms with Gasteiger partial charge >= 0.3 is 0 Å². The van der Waals surface area contributed by atoms with Gasteiger partial charge in [-0.2, -0.15) is 0 Å². The number of nitrogens with one attached hydrogen (secondary N) is 1. The summed E-state index contributed by atoms with van der Waals surface area (Å²) in [6.07, 6.45) is 1.13. The molecule has 0 spiro atoms. The molecule has 8 heteroatoms. The number of fused-ring (bicyclic) bond motifs is 1. The van der Waals surface area contributed by atoms with Crippen molar-refractivity contribution in [3.8, 4) is 16.5 Å². The van der Waals surface area contributed by atoms with Crippen molar-refractivity contribution >= 4 is 45.0 Å². The van der Waals surface area contributed by atoms with Crippen LogP contribution in [0.15, 0.2) is 58.3 Å². The van der Waals surface area contributed by atoms with E-state index < -0.39 is 5.25 Å². The monoisotopic (exact) mass is 464 g/mol. The van der Waals surface area contributed by atoms with Crippen LogP contribution in [0.3, 0.4) is 0 Å². The van der Waals surface area contributed by atoms with Crippen molar-refractivity contribution in [1.29, 1.82) is 0 Å². The van der Waals surface area contributed by atoms with Gasteiger partial charge in [-0.3, -0.25) is 14.9 Å². The van der Waals surface area contributed by atoms with Gasteiger partial charge in [-0.05, 0) is 41.8 Å². The largest absolute Gasteiger partial charge is 0.493 e. The van der Waals surface area contributed by atoms with E-state index in [1.807, 2.05) is 60.8 Å². The molecule has 162 valence electrons. The van der Waals surface area contributed by atoms with Gasteiger partial charge in [0.2, 0.25) is 11.8 Å². The Labute approximate surface area is 193 Å². The Hall–Kier alpha value is -3.10. The highest BCUT2D eigenvalue weighted by Crippen LogP contribution is 2.32. The maximum Gasteiger partial charge on any atom is 0.286 e. The molecule has 5 rings (SSSR count). The second-order valence-corrected chi connectivity index (χ2v) is 9.58. The van der Waals surface area contributed by atoms with Crippen LogP contribution in [0.1, 0.15) is 17.0 Å². The van der Waals surface area contributed by atoms with E-state index in [2.05, 4.69) is 10.3 Å². The molecule has 1 unspecified atom stereocenters. The van der Waals surface area contributed by atoms with Crippen LogP contribution in [0.2, 0.25) is 0 Å². The average molecular weight is 465 g/mol. The third-order valence-corrected chi connectivity index (χ3v) is 7.21. The first-order chi connectivity index (χ1) is 15.6. The number of oxazole rings is 1. The van der Waals surface area contributed by atoms with Crippen LogP contribution in [-0.4, -0.2) is 28.0 Å². The zero-order valence-corrected chi connectivity index (χ0v) is 18.9. The number of aryl methyl sites for hydroxylation is 1. The molecule has 32 heavy (non-hydrogen) atoms. The summed E-state index contributed by atoms with van der Waals surface area (Å²) in [6, 6.07) is 15.8. The topological polar surface area (TPSA) is 81.4 Å². The summed E-state index contributed by atoms with van der Waals surface area (Å²) in [5.74, 6) is 2.01. The Bertz CT molecular complexity index is 1300. The number of hydrogen-bond acceptors (Lipinski definition) is 7. The van der Waals surface area contributed by atoms with Crippen molar-refractivity contribution in [2.75, 3.05) is 6.61 Å². The van der Waals surface area contributed by atoms with Crippen LogP contribution in [0.25, 0.3) is 21.5 Å². The molecule has 1 N–H and O–H groups in total. The minimum absolute atomic E-state index is 0.227. The van der Waals surface area contributed by atoms with Crippen LogP contribution in [0, 0.1) is 6.92 Å². The summed E-state index contributed by atoms with van der Waals surface area (Å²) in [5.41, 5.74) is 1.91. The lowest BCUT2D eigenvalue weighted by molar-refractivity contribution is -0.118. The van der Waals surface area contributed by atoms with E-state index in [9.17, 15) is 9.59 Å². The van der Waals surface area contributed by atoms with Gasteiger partial charge in [0.25, 0.3) is 5.24 Å². The van der Waals surface area contributed by atoms with Crippen LogP contribution in [0.5, 0.6) is 5.75 Å². The summed E-state index contributed by atoms with van der Waals surface area (Å²) >= 11 is 2.65. The highest BCUT2D eigenvalue weighted by Gasteiger charge is 2.32. The number of amides is 2. The summed E-state index contributed by atoms with van der Waals surface area (Å²) in [7, 11) is 0. The molecule has 3 heterocycles. The lowest BCUT2D eigenvalue weighted by atomic mass is 10.00. The smallest absolute Gasteiger partial charge is 0.286 e. The number of thiophene rings is 1. The summed E-state index contributed by atoms with van der Waals surface area (Å²) in [4.78, 5) is 29.1. The Balaban J connectivity index is 1.31. The van der Waals surface area contributed by atoms with Crippen molar-refractivity contribution in [2.45, 2.75) is 25.0 Å². The minimum atomic E-state index is -0.398. The Morgan fingerprint density at radius 1 is 1.09 bits per heavy atom. The molecule has 4 aromatic rings. The Morgan fingerprint density at radius 2 is 1.94 bits per heavy atom. The van der Waals surface area contributed by atoms with E-state index in [0.29, 0.717) is 25.3 Å². The number of hydrogen-bond donors (Lipinski definition) is 1. The number of imide groups is 1. The molecule has 0 bridgehead atoms. The fourth-order valence-corrected chi connectivity index (χ4v) is 5.28. The molecule has 2 aromatic heterocycles. The molecular weight excluding hydrogens is 444 g/mol. The first-order valence-corrected chi connectivity index (χ1v) is 12.0. The molecule has 2 amide bonds. The minimum Gasteiger partial charge on any atom is -0.493 e. The number of aromatic nitrogens is 1. The molecular formula is C24H20N2O4S2. The zero-order valence-electron chi connectivity index (χ0n) is 17.3. The third-order valence-electron chi connectivity index (χ3n) is 5.37. The normalized spacial score (nSPS) is 16.0. The van der Waals surface area contributed by atoms with E-state index >= 15 is 0 Å². The number of thioether (sulfide) groups is 1. The van der Waals surface area contributed by atoms with Crippen LogP contribution < -0.4 is 10.1 Å². The maximum atomic E-state index is 12.0. The first kappa shape index (κ1) is 20.8. The highest BCUT2D eigenvalue weighted by atomic mass is 32.2. The predicted octanol–water partition coefficient (Wildman–Crippen LogP) is 5.38. The van der Waals surface area contributed by atoms with Crippen molar-refractivity contribution in [3.63, 3.8) is 0 Å². The lowest BCUT2D eigenvalue weighted by Crippen LogP contribution is -2.25. The quantitative estimate of drug-likeness (QED) is 0.395. The standard InChI is InChI=1S/C24H20N2O4S2/c1-14-18(25-23(30-14)20-7-4-12-31-20)10-11-29-19-9-8-15(16-5-2-3-6-17(16)19)13-21-22(27)26-24(28)32-21/h2-9,12,21H,10-11,13H2,1H3,(H,26,27,28). The molecule has 0 aliphatic carbocycles. The molecule has 1 atom stereocenters.